The van der Waals surface area contributed by atoms with Crippen LogP contribution in [0.5, 0.6) is 0 Å². The Bertz CT molecular complexity index is 329. The van der Waals surface area contributed by atoms with Crippen molar-refractivity contribution in [1.82, 2.24) is 15.0 Å². The third kappa shape index (κ3) is 2.17. The summed E-state index contributed by atoms with van der Waals surface area (Å²) in [6, 6.07) is 0. The number of allylic oxidation sites excluding steroid dienone is 1. The number of hydrogen-bond acceptors (Lipinski definition) is 3. The van der Waals surface area contributed by atoms with E-state index in [-0.39, 0.29) is 0 Å². The van der Waals surface area contributed by atoms with Crippen molar-refractivity contribution in [1.29, 1.82) is 0 Å². The molecule has 5 heteroatoms. The van der Waals surface area contributed by atoms with Gasteiger partial charge in [-0.05, 0) is 24.6 Å². The Kier molecular flexibility index (Phi) is 2.60. The van der Waals surface area contributed by atoms with Gasteiger partial charge in [0, 0.05) is 12.6 Å². The van der Waals surface area contributed by atoms with Gasteiger partial charge in [-0.25, -0.2) is 0 Å². The molecule has 0 aliphatic rings. The maximum absolute atomic E-state index is 10.6. The summed E-state index contributed by atoms with van der Waals surface area (Å²) in [5.41, 5.74) is 1.08. The molecule has 0 N–H and O–H groups in total. The van der Waals surface area contributed by atoms with Crippen molar-refractivity contribution in [2.24, 2.45) is 7.05 Å². The van der Waals surface area contributed by atoms with Crippen molar-refractivity contribution in [3.05, 3.63) is 17.5 Å². The lowest BCUT2D eigenvalue weighted by molar-refractivity contribution is -0.108. The van der Waals surface area contributed by atoms with Gasteiger partial charge in [-0.2, -0.15) is 0 Å². The van der Waals surface area contributed by atoms with Crippen LogP contribution in [0.25, 0.3) is 6.08 Å². The fourth-order valence-electron chi connectivity index (χ4n) is 0.710. The zero-order valence-electron chi connectivity index (χ0n) is 6.78. The van der Waals surface area contributed by atoms with Crippen LogP contribution in [0.2, 0.25) is 0 Å². The Labute approximate surface area is 74.8 Å². The van der Waals surface area contributed by atoms with Crippen LogP contribution in [0.4, 0.5) is 0 Å². The van der Waals surface area contributed by atoms with E-state index in [0.717, 1.165) is 0 Å². The third-order valence-electron chi connectivity index (χ3n) is 1.29. The molecule has 0 unspecified atom stereocenters. The van der Waals surface area contributed by atoms with Gasteiger partial charge in [0.1, 0.15) is 5.69 Å². The van der Waals surface area contributed by atoms with Crippen LogP contribution in [-0.4, -0.2) is 20.2 Å². The zero-order valence-corrected chi connectivity index (χ0v) is 7.54. The fourth-order valence-corrected chi connectivity index (χ4v) is 0.764. The summed E-state index contributed by atoms with van der Waals surface area (Å²) in [6.45, 7) is 1.63. The Morgan fingerprint density at radius 3 is 2.83 bits per heavy atom. The van der Waals surface area contributed by atoms with Crippen molar-refractivity contribution < 1.29 is 4.79 Å². The molecule has 64 valence electrons. The number of hydrogen-bond donors (Lipinski definition) is 0. The van der Waals surface area contributed by atoms with E-state index < -0.39 is 5.24 Å². The average molecular weight is 186 g/mol. The van der Waals surface area contributed by atoms with Gasteiger partial charge in [-0.3, -0.25) is 9.48 Å². The number of rotatable bonds is 2. The van der Waals surface area contributed by atoms with E-state index in [1.54, 1.807) is 30.9 Å². The molecule has 0 saturated carbocycles. The molecule has 0 aliphatic carbocycles. The van der Waals surface area contributed by atoms with E-state index in [9.17, 15) is 4.79 Å². The Morgan fingerprint density at radius 2 is 2.42 bits per heavy atom. The first-order valence-corrected chi connectivity index (χ1v) is 3.72. The van der Waals surface area contributed by atoms with Crippen LogP contribution in [0.1, 0.15) is 12.6 Å². The van der Waals surface area contributed by atoms with Crippen LogP contribution < -0.4 is 0 Å². The summed E-state index contributed by atoms with van der Waals surface area (Å²) in [6.07, 6.45) is 3.28. The molecule has 1 aromatic heterocycles. The van der Waals surface area contributed by atoms with Crippen molar-refractivity contribution in [2.75, 3.05) is 0 Å². The van der Waals surface area contributed by atoms with Crippen LogP contribution in [0, 0.1) is 0 Å². The monoisotopic (exact) mass is 185 g/mol. The van der Waals surface area contributed by atoms with Crippen LogP contribution in [-0.2, 0) is 11.8 Å². The van der Waals surface area contributed by atoms with Crippen LogP contribution >= 0.6 is 11.6 Å². The van der Waals surface area contributed by atoms with E-state index in [1.807, 2.05) is 0 Å². The molecule has 0 radical (unpaired) electrons. The van der Waals surface area contributed by atoms with Crippen molar-refractivity contribution in [3.8, 4) is 0 Å². The predicted octanol–water partition coefficient (Wildman–Crippen LogP) is 0.984. The molecule has 0 atom stereocenters. The van der Waals surface area contributed by atoms with Gasteiger partial charge in [-0.1, -0.05) is 5.21 Å². The lowest BCUT2D eigenvalue weighted by Gasteiger charge is -1.87. The molecule has 0 aliphatic heterocycles. The number of carbonyl (C=O) groups is 1. The van der Waals surface area contributed by atoms with E-state index in [4.69, 9.17) is 11.6 Å². The molecule has 1 rings (SSSR count). The van der Waals surface area contributed by atoms with Crippen molar-refractivity contribution in [3.63, 3.8) is 0 Å². The Balaban J connectivity index is 2.87. The summed E-state index contributed by atoms with van der Waals surface area (Å²) in [5.74, 6) is 0. The highest BCUT2D eigenvalue weighted by molar-refractivity contribution is 6.68. The number of carbonyl (C=O) groups excluding carboxylic acids is 1. The second kappa shape index (κ2) is 3.49. The standard InChI is InChI=1S/C7H8ClN3O/c1-5(7(8)12)3-6-4-11(2)10-9-6/h3-4H,1-2H3/b5-3+. The van der Waals surface area contributed by atoms with Crippen molar-refractivity contribution >= 4 is 22.9 Å². The van der Waals surface area contributed by atoms with E-state index in [2.05, 4.69) is 10.3 Å². The maximum atomic E-state index is 10.6. The second-order valence-electron chi connectivity index (χ2n) is 2.42. The maximum Gasteiger partial charge on any atom is 0.248 e. The average Bonchev–Trinajstić information content (AvgIpc) is 2.35. The number of nitrogens with zero attached hydrogens (tertiary/aromatic N) is 3. The topological polar surface area (TPSA) is 47.8 Å². The third-order valence-corrected chi connectivity index (χ3v) is 1.59. The minimum atomic E-state index is -0.472. The van der Waals surface area contributed by atoms with Gasteiger partial charge in [0.15, 0.2) is 0 Å². The molecule has 1 aromatic rings. The smallest absolute Gasteiger partial charge is 0.248 e. The Hall–Kier alpha value is -1.16. The summed E-state index contributed by atoms with van der Waals surface area (Å²) in [7, 11) is 1.75. The first kappa shape index (κ1) is 8.93. The van der Waals surface area contributed by atoms with E-state index >= 15 is 0 Å². The first-order chi connectivity index (χ1) is 5.59. The predicted molar refractivity (Wildman–Crippen MR) is 45.5 cm³/mol. The van der Waals surface area contributed by atoms with Gasteiger partial charge >= 0.3 is 0 Å². The Morgan fingerprint density at radius 1 is 1.75 bits per heavy atom. The highest BCUT2D eigenvalue weighted by atomic mass is 35.5. The van der Waals surface area contributed by atoms with Gasteiger partial charge < -0.3 is 0 Å². The molecular formula is C7H8ClN3O. The number of aromatic nitrogens is 3. The molecule has 1 heterocycles. The minimum absolute atomic E-state index is 0.456. The molecular weight excluding hydrogens is 178 g/mol. The summed E-state index contributed by atoms with van der Waals surface area (Å²) < 4.78 is 1.55. The zero-order chi connectivity index (χ0) is 9.14. The van der Waals surface area contributed by atoms with Crippen LogP contribution in [0.3, 0.4) is 0 Å². The molecule has 0 saturated heterocycles. The van der Waals surface area contributed by atoms with Gasteiger partial charge in [0.2, 0.25) is 5.24 Å². The largest absolute Gasteiger partial charge is 0.276 e. The molecule has 0 bridgehead atoms. The molecule has 0 aromatic carbocycles. The van der Waals surface area contributed by atoms with Gasteiger partial charge in [0.25, 0.3) is 0 Å². The van der Waals surface area contributed by atoms with Crippen LogP contribution in [0.15, 0.2) is 11.8 Å². The lowest BCUT2D eigenvalue weighted by atomic mass is 10.3. The summed E-state index contributed by atoms with van der Waals surface area (Å²) in [5, 5.41) is 6.99. The fraction of sp³-hybridized carbons (Fsp3) is 0.286. The summed E-state index contributed by atoms with van der Waals surface area (Å²) in [4.78, 5) is 10.6. The normalized spacial score (nSPS) is 11.8. The first-order valence-electron chi connectivity index (χ1n) is 3.34. The highest BCUT2D eigenvalue weighted by Gasteiger charge is 2.00. The molecule has 0 fully saturated rings. The SMILES string of the molecule is C/C(=C\c1cn(C)nn1)C(=O)Cl. The quantitative estimate of drug-likeness (QED) is 0.510. The van der Waals surface area contributed by atoms with Crippen molar-refractivity contribution in [2.45, 2.75) is 6.92 Å². The molecule has 0 amide bonds. The molecule has 12 heavy (non-hydrogen) atoms. The molecule has 0 spiro atoms. The van der Waals surface area contributed by atoms with E-state index in [1.165, 1.54) is 0 Å². The van der Waals surface area contributed by atoms with Gasteiger partial charge in [0.05, 0.1) is 6.20 Å². The number of aryl methyl sites for hydroxylation is 1. The highest BCUT2D eigenvalue weighted by Crippen LogP contribution is 2.04. The number of halogens is 1. The summed E-state index contributed by atoms with van der Waals surface area (Å²) >= 11 is 5.22. The van der Waals surface area contributed by atoms with Gasteiger partial charge in [-0.15, -0.1) is 5.10 Å². The minimum Gasteiger partial charge on any atom is -0.276 e. The van der Waals surface area contributed by atoms with E-state index in [0.29, 0.717) is 11.3 Å². The molecule has 4 nitrogen and oxygen atoms in total. The lowest BCUT2D eigenvalue weighted by Crippen LogP contribution is -1.87. The second-order valence-corrected chi connectivity index (χ2v) is 2.76.